The first-order valence-corrected chi connectivity index (χ1v) is 10.9. The summed E-state index contributed by atoms with van der Waals surface area (Å²) in [5.74, 6) is 2.74. The number of nitrogens with zero attached hydrogens (tertiary/aromatic N) is 5. The number of carbonyl (C=O) groups excluding carboxylic acids is 1. The molecule has 0 bridgehead atoms. The molecule has 28 heavy (non-hydrogen) atoms. The van der Waals surface area contributed by atoms with Gasteiger partial charge in [-0.1, -0.05) is 20.3 Å². The fourth-order valence-corrected chi connectivity index (χ4v) is 4.45. The maximum Gasteiger partial charge on any atom is 0.272 e. The molecular formula is C22H33N5O. The van der Waals surface area contributed by atoms with Crippen LogP contribution in [0.3, 0.4) is 0 Å². The first-order valence-electron chi connectivity index (χ1n) is 10.9. The van der Waals surface area contributed by atoms with Crippen molar-refractivity contribution < 1.29 is 4.79 Å². The van der Waals surface area contributed by atoms with Crippen molar-refractivity contribution in [3.63, 3.8) is 0 Å². The van der Waals surface area contributed by atoms with E-state index in [0.717, 1.165) is 62.2 Å². The van der Waals surface area contributed by atoms with Gasteiger partial charge in [0.05, 0.1) is 5.69 Å². The lowest BCUT2D eigenvalue weighted by molar-refractivity contribution is 0.0690. The second-order valence-electron chi connectivity index (χ2n) is 8.75. The van der Waals surface area contributed by atoms with E-state index in [1.165, 1.54) is 19.3 Å². The standard InChI is InChI=1S/C22H33N5O/c1-4-27-20(13-19(24-27)16(2)3)22(28)26-11-6-9-18(15-26)21-23-10-12-25(21)14-17-7-5-8-17/h10,12-13,16-18H,4-9,11,14-15H2,1-3H3/t18-/m0/s1. The molecule has 1 amide bonds. The predicted octanol–water partition coefficient (Wildman–Crippen LogP) is 4.04. The van der Waals surface area contributed by atoms with Crippen LogP contribution in [0.25, 0.3) is 0 Å². The monoisotopic (exact) mass is 383 g/mol. The van der Waals surface area contributed by atoms with Crippen LogP contribution in [0, 0.1) is 5.92 Å². The van der Waals surface area contributed by atoms with Gasteiger partial charge in [-0.25, -0.2) is 4.98 Å². The van der Waals surface area contributed by atoms with Crippen molar-refractivity contribution in [1.82, 2.24) is 24.2 Å². The van der Waals surface area contributed by atoms with Crippen LogP contribution in [0.15, 0.2) is 18.5 Å². The molecule has 1 aliphatic heterocycles. The topological polar surface area (TPSA) is 56.0 Å². The minimum atomic E-state index is 0.114. The van der Waals surface area contributed by atoms with Crippen molar-refractivity contribution >= 4 is 5.91 Å². The molecule has 3 heterocycles. The molecule has 1 saturated heterocycles. The first-order chi connectivity index (χ1) is 13.6. The number of amides is 1. The lowest BCUT2D eigenvalue weighted by Gasteiger charge is -2.33. The zero-order chi connectivity index (χ0) is 19.7. The zero-order valence-electron chi connectivity index (χ0n) is 17.5. The molecule has 1 atom stereocenters. The summed E-state index contributed by atoms with van der Waals surface area (Å²) >= 11 is 0. The second-order valence-corrected chi connectivity index (χ2v) is 8.75. The van der Waals surface area contributed by atoms with Crippen LogP contribution in [0.5, 0.6) is 0 Å². The van der Waals surface area contributed by atoms with Crippen LogP contribution < -0.4 is 0 Å². The molecule has 2 aliphatic rings. The van der Waals surface area contributed by atoms with E-state index in [2.05, 4.69) is 34.7 Å². The molecule has 0 N–H and O–H groups in total. The highest BCUT2D eigenvalue weighted by Gasteiger charge is 2.30. The third-order valence-corrected chi connectivity index (χ3v) is 6.41. The summed E-state index contributed by atoms with van der Waals surface area (Å²) in [6.07, 6.45) is 10.2. The summed E-state index contributed by atoms with van der Waals surface area (Å²) in [7, 11) is 0. The number of piperidine rings is 1. The van der Waals surface area contributed by atoms with E-state index >= 15 is 0 Å². The van der Waals surface area contributed by atoms with Gasteiger partial charge in [-0.05, 0) is 50.5 Å². The Hall–Kier alpha value is -2.11. The number of carbonyl (C=O) groups is 1. The number of aromatic nitrogens is 4. The van der Waals surface area contributed by atoms with Crippen molar-refractivity contribution in [2.24, 2.45) is 5.92 Å². The van der Waals surface area contributed by atoms with Gasteiger partial charge < -0.3 is 9.47 Å². The molecule has 2 aromatic rings. The highest BCUT2D eigenvalue weighted by molar-refractivity contribution is 5.92. The molecule has 6 nitrogen and oxygen atoms in total. The number of aryl methyl sites for hydroxylation is 1. The number of hydrogen-bond donors (Lipinski definition) is 0. The second kappa shape index (κ2) is 8.10. The van der Waals surface area contributed by atoms with Gasteiger partial charge in [0.1, 0.15) is 11.5 Å². The molecule has 1 aliphatic carbocycles. The summed E-state index contributed by atoms with van der Waals surface area (Å²) in [4.78, 5) is 20.0. The highest BCUT2D eigenvalue weighted by atomic mass is 16.2. The third-order valence-electron chi connectivity index (χ3n) is 6.41. The molecule has 4 rings (SSSR count). The van der Waals surface area contributed by atoms with Crippen LogP contribution in [-0.4, -0.2) is 43.2 Å². The molecule has 2 aromatic heterocycles. The normalized spacial score (nSPS) is 20.6. The smallest absolute Gasteiger partial charge is 0.272 e. The summed E-state index contributed by atoms with van der Waals surface area (Å²) < 4.78 is 4.20. The van der Waals surface area contributed by atoms with Gasteiger partial charge in [0.15, 0.2) is 0 Å². The maximum atomic E-state index is 13.3. The molecular weight excluding hydrogens is 350 g/mol. The maximum absolute atomic E-state index is 13.3. The Morgan fingerprint density at radius 3 is 2.75 bits per heavy atom. The lowest BCUT2D eigenvalue weighted by Crippen LogP contribution is -2.40. The number of likely N-dealkylation sites (tertiary alicyclic amines) is 1. The van der Waals surface area contributed by atoms with E-state index in [0.29, 0.717) is 11.8 Å². The fourth-order valence-electron chi connectivity index (χ4n) is 4.45. The third kappa shape index (κ3) is 3.74. The first kappa shape index (κ1) is 19.2. The van der Waals surface area contributed by atoms with Crippen LogP contribution in [-0.2, 0) is 13.1 Å². The molecule has 2 fully saturated rings. The number of hydrogen-bond acceptors (Lipinski definition) is 3. The summed E-state index contributed by atoms with van der Waals surface area (Å²) in [6.45, 7) is 9.67. The Morgan fingerprint density at radius 1 is 1.25 bits per heavy atom. The van der Waals surface area contributed by atoms with Crippen molar-refractivity contribution in [2.75, 3.05) is 13.1 Å². The molecule has 1 saturated carbocycles. The van der Waals surface area contributed by atoms with Crippen LogP contribution in [0.1, 0.15) is 86.7 Å². The van der Waals surface area contributed by atoms with Crippen LogP contribution in [0.2, 0.25) is 0 Å². The van der Waals surface area contributed by atoms with E-state index in [1.807, 2.05) is 28.8 Å². The quantitative estimate of drug-likeness (QED) is 0.756. The van der Waals surface area contributed by atoms with E-state index in [1.54, 1.807) is 0 Å². The minimum Gasteiger partial charge on any atom is -0.337 e. The van der Waals surface area contributed by atoms with Crippen molar-refractivity contribution in [3.8, 4) is 0 Å². The van der Waals surface area contributed by atoms with Crippen LogP contribution in [0.4, 0.5) is 0 Å². The fraction of sp³-hybridized carbons (Fsp3) is 0.682. The summed E-state index contributed by atoms with van der Waals surface area (Å²) in [6, 6.07) is 1.98. The molecule has 0 aromatic carbocycles. The minimum absolute atomic E-state index is 0.114. The van der Waals surface area contributed by atoms with E-state index in [-0.39, 0.29) is 5.91 Å². The van der Waals surface area contributed by atoms with E-state index in [9.17, 15) is 4.79 Å². The van der Waals surface area contributed by atoms with E-state index in [4.69, 9.17) is 0 Å². The zero-order valence-corrected chi connectivity index (χ0v) is 17.5. The average Bonchev–Trinajstić information content (AvgIpc) is 3.31. The molecule has 0 radical (unpaired) electrons. The molecule has 0 unspecified atom stereocenters. The lowest BCUT2D eigenvalue weighted by atomic mass is 9.85. The van der Waals surface area contributed by atoms with Gasteiger partial charge in [-0.2, -0.15) is 5.10 Å². The predicted molar refractivity (Wildman–Crippen MR) is 109 cm³/mol. The number of imidazole rings is 1. The Morgan fingerprint density at radius 2 is 2.07 bits per heavy atom. The van der Waals surface area contributed by atoms with Crippen molar-refractivity contribution in [1.29, 1.82) is 0 Å². The Labute approximate surface area is 167 Å². The van der Waals surface area contributed by atoms with Gasteiger partial charge in [-0.3, -0.25) is 9.48 Å². The summed E-state index contributed by atoms with van der Waals surface area (Å²) in [5.41, 5.74) is 1.72. The van der Waals surface area contributed by atoms with Gasteiger partial charge in [0.2, 0.25) is 0 Å². The largest absolute Gasteiger partial charge is 0.337 e. The van der Waals surface area contributed by atoms with Gasteiger partial charge in [0, 0.05) is 44.5 Å². The number of rotatable bonds is 6. The van der Waals surface area contributed by atoms with Gasteiger partial charge in [0.25, 0.3) is 5.91 Å². The van der Waals surface area contributed by atoms with E-state index < -0.39 is 0 Å². The molecule has 6 heteroatoms. The Bertz CT molecular complexity index is 817. The Balaban J connectivity index is 1.50. The highest BCUT2D eigenvalue weighted by Crippen LogP contribution is 2.31. The van der Waals surface area contributed by atoms with Gasteiger partial charge in [-0.15, -0.1) is 0 Å². The van der Waals surface area contributed by atoms with Crippen molar-refractivity contribution in [2.45, 2.75) is 77.8 Å². The molecule has 152 valence electrons. The van der Waals surface area contributed by atoms with Crippen molar-refractivity contribution in [3.05, 3.63) is 35.7 Å². The Kier molecular flexibility index (Phi) is 5.56. The van der Waals surface area contributed by atoms with Crippen LogP contribution >= 0.6 is 0 Å². The average molecular weight is 384 g/mol. The SMILES string of the molecule is CCn1nc(C(C)C)cc1C(=O)N1CCC[C@H](c2nccn2CC2CCC2)C1. The summed E-state index contributed by atoms with van der Waals surface area (Å²) in [5, 5.41) is 4.63. The van der Waals surface area contributed by atoms with Gasteiger partial charge >= 0.3 is 0 Å². The molecule has 0 spiro atoms.